The number of carbonyl (C=O) groups excluding carboxylic acids is 1. The SMILES string of the molecule is Cc1c(C(=O)NC[C@@H]2C[C@H]3C=C[C@@H]2C3)sc2ncnc(NCCc3ccccn3)c12. The van der Waals surface area contributed by atoms with E-state index in [-0.39, 0.29) is 5.91 Å². The van der Waals surface area contributed by atoms with Gasteiger partial charge in [0.05, 0.1) is 10.3 Å². The van der Waals surface area contributed by atoms with E-state index in [2.05, 4.69) is 37.7 Å². The minimum Gasteiger partial charge on any atom is -0.369 e. The van der Waals surface area contributed by atoms with Gasteiger partial charge in [-0.05, 0) is 55.2 Å². The van der Waals surface area contributed by atoms with E-state index in [0.717, 1.165) is 57.6 Å². The van der Waals surface area contributed by atoms with Crippen molar-refractivity contribution in [2.75, 3.05) is 18.4 Å². The molecule has 0 unspecified atom stereocenters. The van der Waals surface area contributed by atoms with E-state index in [1.165, 1.54) is 24.2 Å². The number of allylic oxidation sites excluding steroid dienone is 2. The number of aromatic nitrogens is 3. The van der Waals surface area contributed by atoms with Crippen molar-refractivity contribution < 1.29 is 4.79 Å². The van der Waals surface area contributed by atoms with Crippen molar-refractivity contribution in [3.05, 3.63) is 59.0 Å². The van der Waals surface area contributed by atoms with Gasteiger partial charge in [0.25, 0.3) is 5.91 Å². The highest BCUT2D eigenvalue weighted by Gasteiger charge is 2.35. The van der Waals surface area contributed by atoms with Crippen molar-refractivity contribution in [2.24, 2.45) is 17.8 Å². The third kappa shape index (κ3) is 3.69. The zero-order valence-corrected chi connectivity index (χ0v) is 17.8. The molecule has 0 radical (unpaired) electrons. The number of hydrogen-bond donors (Lipinski definition) is 2. The molecular weight excluding hydrogens is 394 g/mol. The number of nitrogens with one attached hydrogen (secondary N) is 2. The molecule has 0 aromatic carbocycles. The number of carbonyl (C=O) groups is 1. The van der Waals surface area contributed by atoms with Crippen molar-refractivity contribution in [3.8, 4) is 0 Å². The fraction of sp³-hybridized carbons (Fsp3) is 0.391. The van der Waals surface area contributed by atoms with Gasteiger partial charge in [0.2, 0.25) is 0 Å². The Labute approximate surface area is 179 Å². The molecule has 3 aromatic heterocycles. The number of hydrogen-bond acceptors (Lipinski definition) is 6. The molecule has 1 saturated carbocycles. The summed E-state index contributed by atoms with van der Waals surface area (Å²) in [6.07, 6.45) is 11.3. The van der Waals surface area contributed by atoms with Crippen LogP contribution in [0.4, 0.5) is 5.82 Å². The molecule has 30 heavy (non-hydrogen) atoms. The van der Waals surface area contributed by atoms with E-state index in [0.29, 0.717) is 11.8 Å². The van der Waals surface area contributed by atoms with Gasteiger partial charge in [-0.15, -0.1) is 11.3 Å². The molecule has 3 heterocycles. The summed E-state index contributed by atoms with van der Waals surface area (Å²) in [4.78, 5) is 27.7. The number of fused-ring (bicyclic) bond motifs is 3. The van der Waals surface area contributed by atoms with Gasteiger partial charge in [-0.1, -0.05) is 18.2 Å². The van der Waals surface area contributed by atoms with Gasteiger partial charge in [0, 0.05) is 31.4 Å². The standard InChI is InChI=1S/C23H25N5OS/c1-14-19-21(25-9-7-18-4-2-3-8-24-18)27-13-28-23(19)30-20(14)22(29)26-12-17-11-15-5-6-16(17)10-15/h2-6,8,13,15-17H,7,9-12H2,1H3,(H,26,29)(H,25,27,28)/t15-,16+,17-/m0/s1. The van der Waals surface area contributed by atoms with Crippen LogP contribution >= 0.6 is 11.3 Å². The molecule has 5 rings (SSSR count). The molecule has 0 spiro atoms. The van der Waals surface area contributed by atoms with Gasteiger partial charge in [0.1, 0.15) is 17.0 Å². The lowest BCUT2D eigenvalue weighted by molar-refractivity contribution is 0.0948. The topological polar surface area (TPSA) is 79.8 Å². The van der Waals surface area contributed by atoms with Gasteiger partial charge in [-0.2, -0.15) is 0 Å². The molecule has 3 aromatic rings. The summed E-state index contributed by atoms with van der Waals surface area (Å²) < 4.78 is 0. The average Bonchev–Trinajstić information content (AvgIpc) is 3.48. The van der Waals surface area contributed by atoms with Crippen LogP contribution in [0.1, 0.15) is 33.8 Å². The van der Waals surface area contributed by atoms with E-state index in [1.807, 2.05) is 25.1 Å². The van der Waals surface area contributed by atoms with E-state index < -0.39 is 0 Å². The largest absolute Gasteiger partial charge is 0.369 e. The molecule has 0 saturated heterocycles. The monoisotopic (exact) mass is 419 g/mol. The van der Waals surface area contributed by atoms with Crippen LogP contribution in [-0.2, 0) is 6.42 Å². The maximum absolute atomic E-state index is 12.9. The Morgan fingerprint density at radius 3 is 2.90 bits per heavy atom. The normalized spacial score (nSPS) is 22.0. The number of amides is 1. The summed E-state index contributed by atoms with van der Waals surface area (Å²) in [5.74, 6) is 2.71. The molecule has 7 heteroatoms. The zero-order valence-electron chi connectivity index (χ0n) is 17.0. The summed E-state index contributed by atoms with van der Waals surface area (Å²) in [6.45, 7) is 3.46. The first kappa shape index (κ1) is 19.2. The molecule has 3 atom stereocenters. The minimum absolute atomic E-state index is 0.00156. The van der Waals surface area contributed by atoms with Crippen LogP contribution in [0, 0.1) is 24.7 Å². The molecule has 154 valence electrons. The Morgan fingerprint density at radius 2 is 2.13 bits per heavy atom. The van der Waals surface area contributed by atoms with Gasteiger partial charge in [0.15, 0.2) is 0 Å². The van der Waals surface area contributed by atoms with Crippen LogP contribution in [0.15, 0.2) is 42.9 Å². The lowest BCUT2D eigenvalue weighted by atomic mass is 9.93. The van der Waals surface area contributed by atoms with Crippen molar-refractivity contribution in [2.45, 2.75) is 26.2 Å². The summed E-state index contributed by atoms with van der Waals surface area (Å²) >= 11 is 1.44. The Balaban J connectivity index is 1.28. The molecule has 1 fully saturated rings. The maximum Gasteiger partial charge on any atom is 0.261 e. The van der Waals surface area contributed by atoms with Gasteiger partial charge >= 0.3 is 0 Å². The van der Waals surface area contributed by atoms with Crippen LogP contribution in [0.2, 0.25) is 0 Å². The van der Waals surface area contributed by atoms with E-state index in [1.54, 1.807) is 12.5 Å². The second kappa shape index (κ2) is 8.14. The van der Waals surface area contributed by atoms with Gasteiger partial charge < -0.3 is 10.6 Å². The van der Waals surface area contributed by atoms with Crippen LogP contribution in [-0.4, -0.2) is 33.9 Å². The molecular formula is C23H25N5OS. The zero-order chi connectivity index (χ0) is 20.5. The summed E-state index contributed by atoms with van der Waals surface area (Å²) in [7, 11) is 0. The van der Waals surface area contributed by atoms with Gasteiger partial charge in [-0.3, -0.25) is 9.78 Å². The van der Waals surface area contributed by atoms with Gasteiger partial charge in [-0.25, -0.2) is 9.97 Å². The highest BCUT2D eigenvalue weighted by molar-refractivity contribution is 7.20. The Kier molecular flexibility index (Phi) is 5.21. The predicted molar refractivity (Wildman–Crippen MR) is 120 cm³/mol. The van der Waals surface area contributed by atoms with E-state index in [4.69, 9.17) is 0 Å². The number of thiophene rings is 1. The third-order valence-electron chi connectivity index (χ3n) is 6.27. The predicted octanol–water partition coefficient (Wildman–Crippen LogP) is 3.99. The quantitative estimate of drug-likeness (QED) is 0.566. The number of rotatable bonds is 7. The lowest BCUT2D eigenvalue weighted by Gasteiger charge is -2.18. The molecule has 2 bridgehead atoms. The first-order valence-corrected chi connectivity index (χ1v) is 11.3. The first-order valence-electron chi connectivity index (χ1n) is 10.5. The minimum atomic E-state index is 0.00156. The second-order valence-corrected chi connectivity index (χ2v) is 9.21. The van der Waals surface area contributed by atoms with Crippen molar-refractivity contribution in [1.29, 1.82) is 0 Å². The molecule has 1 amide bonds. The highest BCUT2D eigenvalue weighted by atomic mass is 32.1. The Morgan fingerprint density at radius 1 is 1.20 bits per heavy atom. The number of pyridine rings is 1. The molecule has 2 aliphatic rings. The van der Waals surface area contributed by atoms with Crippen molar-refractivity contribution in [3.63, 3.8) is 0 Å². The van der Waals surface area contributed by atoms with Crippen molar-refractivity contribution >= 4 is 33.3 Å². The fourth-order valence-electron chi connectivity index (χ4n) is 4.71. The second-order valence-electron chi connectivity index (χ2n) is 8.21. The third-order valence-corrected chi connectivity index (χ3v) is 7.47. The summed E-state index contributed by atoms with van der Waals surface area (Å²) in [5.41, 5.74) is 1.98. The van der Waals surface area contributed by atoms with E-state index in [9.17, 15) is 4.79 Å². The Hall–Kier alpha value is -2.80. The smallest absolute Gasteiger partial charge is 0.261 e. The molecule has 6 nitrogen and oxygen atoms in total. The van der Waals surface area contributed by atoms with Crippen LogP contribution < -0.4 is 10.6 Å². The van der Waals surface area contributed by atoms with E-state index >= 15 is 0 Å². The summed E-state index contributed by atoms with van der Waals surface area (Å²) in [6, 6.07) is 5.92. The fourth-order valence-corrected chi connectivity index (χ4v) is 5.78. The molecule has 2 aliphatic carbocycles. The van der Waals surface area contributed by atoms with Crippen molar-refractivity contribution in [1.82, 2.24) is 20.3 Å². The van der Waals surface area contributed by atoms with Crippen LogP contribution in [0.3, 0.4) is 0 Å². The first-order chi connectivity index (χ1) is 14.7. The van der Waals surface area contributed by atoms with Crippen LogP contribution in [0.25, 0.3) is 10.2 Å². The maximum atomic E-state index is 12.9. The van der Waals surface area contributed by atoms with Crippen LogP contribution in [0.5, 0.6) is 0 Å². The molecule has 0 aliphatic heterocycles. The highest BCUT2D eigenvalue weighted by Crippen LogP contribution is 2.43. The lowest BCUT2D eigenvalue weighted by Crippen LogP contribution is -2.30. The number of anilines is 1. The number of nitrogens with zero attached hydrogens (tertiary/aromatic N) is 3. The molecule has 2 N–H and O–H groups in total. The number of aryl methyl sites for hydroxylation is 1. The average molecular weight is 420 g/mol. The summed E-state index contributed by atoms with van der Waals surface area (Å²) in [5, 5.41) is 7.51. The Bertz CT molecular complexity index is 1090.